The average Bonchev–Trinajstić information content (AvgIpc) is 2.16. The highest BCUT2D eigenvalue weighted by Gasteiger charge is 2.17. The van der Waals surface area contributed by atoms with Gasteiger partial charge >= 0.3 is 0 Å². The lowest BCUT2D eigenvalue weighted by atomic mass is 9.87. The molecule has 0 aromatic carbocycles. The van der Waals surface area contributed by atoms with Crippen molar-refractivity contribution in [2.24, 2.45) is 5.92 Å². The van der Waals surface area contributed by atoms with Gasteiger partial charge in [0.25, 0.3) is 5.82 Å². The highest BCUT2D eigenvalue weighted by molar-refractivity contribution is 7.99. The number of aromatic nitrogens is 1. The van der Waals surface area contributed by atoms with Crippen LogP contribution in [0.15, 0.2) is 23.2 Å². The summed E-state index contributed by atoms with van der Waals surface area (Å²) in [4.78, 5) is 8.49. The van der Waals surface area contributed by atoms with Gasteiger partial charge in [0.1, 0.15) is 6.20 Å². The molecule has 1 aliphatic carbocycles. The molecule has 3 heteroatoms. The summed E-state index contributed by atoms with van der Waals surface area (Å²) in [6.45, 7) is 6.98. The molecule has 1 aromatic heterocycles. The summed E-state index contributed by atoms with van der Waals surface area (Å²) >= 11 is 1.78. The van der Waals surface area contributed by atoms with E-state index < -0.39 is 0 Å². The van der Waals surface area contributed by atoms with Crippen molar-refractivity contribution in [3.63, 3.8) is 0 Å². The van der Waals surface area contributed by atoms with Crippen LogP contribution < -0.4 is 0 Å². The van der Waals surface area contributed by atoms with Gasteiger partial charge in [0.2, 0.25) is 0 Å². The van der Waals surface area contributed by atoms with Crippen LogP contribution in [0.3, 0.4) is 0 Å². The maximum atomic E-state index is 6.98. The first kappa shape index (κ1) is 9.54. The number of hydrogen-bond donors (Lipinski definition) is 0. The maximum absolute atomic E-state index is 6.98. The first-order valence-corrected chi connectivity index (χ1v) is 5.84. The lowest BCUT2D eigenvalue weighted by Crippen LogP contribution is -2.13. The number of hydrogen-bond acceptors (Lipinski definition) is 2. The molecule has 0 N–H and O–H groups in total. The van der Waals surface area contributed by atoms with Crippen molar-refractivity contribution in [3.05, 3.63) is 29.7 Å². The summed E-state index contributed by atoms with van der Waals surface area (Å²) in [5.74, 6) is 2.57. The summed E-state index contributed by atoms with van der Waals surface area (Å²) in [6.07, 6.45) is 5.79. The van der Waals surface area contributed by atoms with Gasteiger partial charge in [-0.25, -0.2) is 0 Å². The van der Waals surface area contributed by atoms with Crippen LogP contribution in [0.5, 0.6) is 0 Å². The molecule has 14 heavy (non-hydrogen) atoms. The molecule has 0 atom stereocenters. The second-order valence-corrected chi connectivity index (χ2v) is 4.61. The van der Waals surface area contributed by atoms with Crippen molar-refractivity contribution < 1.29 is 0 Å². The first-order valence-electron chi connectivity index (χ1n) is 4.85. The van der Waals surface area contributed by atoms with E-state index in [4.69, 9.17) is 6.57 Å². The molecule has 0 unspecified atom stereocenters. The Labute approximate surface area is 88.6 Å². The van der Waals surface area contributed by atoms with E-state index in [1.54, 1.807) is 18.0 Å². The fraction of sp³-hybridized carbons (Fsp3) is 0.455. The molecule has 1 aliphatic rings. The number of rotatable bonds is 3. The van der Waals surface area contributed by atoms with Crippen LogP contribution in [0.4, 0.5) is 5.82 Å². The lowest BCUT2D eigenvalue weighted by Gasteiger charge is -2.24. The molecule has 0 saturated heterocycles. The summed E-state index contributed by atoms with van der Waals surface area (Å²) in [6, 6.07) is 3.89. The molecule has 2 rings (SSSR count). The van der Waals surface area contributed by atoms with Gasteiger partial charge in [-0.05, 0) is 30.6 Å². The van der Waals surface area contributed by atoms with E-state index in [1.165, 1.54) is 19.3 Å². The monoisotopic (exact) mass is 204 g/mol. The second-order valence-electron chi connectivity index (χ2n) is 3.54. The molecule has 1 saturated carbocycles. The van der Waals surface area contributed by atoms with E-state index in [-0.39, 0.29) is 0 Å². The Kier molecular flexibility index (Phi) is 3.05. The minimum atomic E-state index is 0.553. The average molecular weight is 204 g/mol. The predicted octanol–water partition coefficient (Wildman–Crippen LogP) is 3.52. The summed E-state index contributed by atoms with van der Waals surface area (Å²) in [5, 5.41) is 0. The SMILES string of the molecule is [C-]#[N+]c1ncccc1SCC1CCC1. The van der Waals surface area contributed by atoms with Gasteiger partial charge in [-0.15, -0.1) is 16.7 Å². The van der Waals surface area contributed by atoms with Gasteiger partial charge in [-0.1, -0.05) is 19.1 Å². The Bertz CT molecular complexity index is 353. The third kappa shape index (κ3) is 2.08. The van der Waals surface area contributed by atoms with Crippen LogP contribution in [0.1, 0.15) is 19.3 Å². The minimum absolute atomic E-state index is 0.553. The third-order valence-corrected chi connectivity index (χ3v) is 3.82. The Morgan fingerprint density at radius 1 is 1.57 bits per heavy atom. The zero-order chi connectivity index (χ0) is 9.80. The zero-order valence-corrected chi connectivity index (χ0v) is 8.76. The van der Waals surface area contributed by atoms with E-state index in [0.717, 1.165) is 16.6 Å². The van der Waals surface area contributed by atoms with Gasteiger partial charge in [-0.2, -0.15) is 0 Å². The summed E-state index contributed by atoms with van der Waals surface area (Å²) < 4.78 is 0. The topological polar surface area (TPSA) is 17.2 Å². The second kappa shape index (κ2) is 4.47. The normalized spacial score (nSPS) is 15.9. The molecule has 1 fully saturated rings. The molecule has 0 bridgehead atoms. The fourth-order valence-electron chi connectivity index (χ4n) is 1.45. The smallest absolute Gasteiger partial charge is 0.283 e. The van der Waals surface area contributed by atoms with Crippen molar-refractivity contribution in [3.8, 4) is 0 Å². The molecule has 0 spiro atoms. The van der Waals surface area contributed by atoms with Gasteiger partial charge in [0.05, 0.1) is 0 Å². The van der Waals surface area contributed by atoms with Crippen molar-refractivity contribution in [2.75, 3.05) is 5.75 Å². The molecule has 72 valence electrons. The molecule has 1 aromatic rings. The minimum Gasteiger partial charge on any atom is -0.360 e. The van der Waals surface area contributed by atoms with Gasteiger partial charge in [0.15, 0.2) is 0 Å². The molecule has 0 radical (unpaired) electrons. The number of nitrogens with zero attached hydrogens (tertiary/aromatic N) is 2. The van der Waals surface area contributed by atoms with Gasteiger partial charge < -0.3 is 4.85 Å². The highest BCUT2D eigenvalue weighted by Crippen LogP contribution is 2.35. The molecular weight excluding hydrogens is 192 g/mol. The van der Waals surface area contributed by atoms with Gasteiger partial charge in [-0.3, -0.25) is 0 Å². The predicted molar refractivity (Wildman–Crippen MR) is 58.6 cm³/mol. The largest absolute Gasteiger partial charge is 0.360 e. The summed E-state index contributed by atoms with van der Waals surface area (Å²) in [7, 11) is 0. The lowest BCUT2D eigenvalue weighted by molar-refractivity contribution is 0.353. The van der Waals surface area contributed by atoms with Crippen LogP contribution in [0.25, 0.3) is 4.85 Å². The Balaban J connectivity index is 1.97. The first-order chi connectivity index (χ1) is 6.90. The highest BCUT2D eigenvalue weighted by atomic mass is 32.2. The van der Waals surface area contributed by atoms with Crippen molar-refractivity contribution in [1.82, 2.24) is 4.98 Å². The molecule has 1 heterocycles. The molecule has 0 aliphatic heterocycles. The van der Waals surface area contributed by atoms with E-state index >= 15 is 0 Å². The number of thioether (sulfide) groups is 1. The third-order valence-electron chi connectivity index (χ3n) is 2.56. The van der Waals surface area contributed by atoms with Crippen LogP contribution >= 0.6 is 11.8 Å². The van der Waals surface area contributed by atoms with E-state index in [9.17, 15) is 0 Å². The Morgan fingerprint density at radius 2 is 2.43 bits per heavy atom. The van der Waals surface area contributed by atoms with Crippen LogP contribution in [0, 0.1) is 12.5 Å². The Morgan fingerprint density at radius 3 is 3.07 bits per heavy atom. The van der Waals surface area contributed by atoms with Crippen molar-refractivity contribution in [1.29, 1.82) is 0 Å². The van der Waals surface area contributed by atoms with Crippen LogP contribution in [-0.2, 0) is 0 Å². The van der Waals surface area contributed by atoms with Crippen LogP contribution in [-0.4, -0.2) is 10.7 Å². The standard InChI is InChI=1S/C11H12N2S/c1-12-11-10(6-3-7-13-11)14-8-9-4-2-5-9/h3,6-7,9H,2,4-5,8H2. The zero-order valence-electron chi connectivity index (χ0n) is 7.94. The molecular formula is C11H12N2S. The van der Waals surface area contributed by atoms with Crippen molar-refractivity contribution in [2.45, 2.75) is 24.2 Å². The van der Waals surface area contributed by atoms with Crippen molar-refractivity contribution >= 4 is 17.6 Å². The number of pyridine rings is 1. The maximum Gasteiger partial charge on any atom is 0.283 e. The molecule has 2 nitrogen and oxygen atoms in total. The van der Waals surface area contributed by atoms with E-state index in [2.05, 4.69) is 9.83 Å². The fourth-order valence-corrected chi connectivity index (χ4v) is 2.60. The Hall–Kier alpha value is -1.01. The summed E-state index contributed by atoms with van der Waals surface area (Å²) in [5.41, 5.74) is 0. The quantitative estimate of drug-likeness (QED) is 0.553. The van der Waals surface area contributed by atoms with Crippen LogP contribution in [0.2, 0.25) is 0 Å². The van der Waals surface area contributed by atoms with E-state index in [1.807, 2.05) is 12.1 Å². The van der Waals surface area contributed by atoms with E-state index in [0.29, 0.717) is 5.82 Å². The molecule has 0 amide bonds. The van der Waals surface area contributed by atoms with Gasteiger partial charge in [0, 0.05) is 4.90 Å².